The van der Waals surface area contributed by atoms with Gasteiger partial charge in [-0.3, -0.25) is 0 Å². The predicted molar refractivity (Wildman–Crippen MR) is 154 cm³/mol. The van der Waals surface area contributed by atoms with Crippen LogP contribution in [-0.2, 0) is 38.8 Å². The van der Waals surface area contributed by atoms with Crippen molar-refractivity contribution < 1.29 is 18.9 Å². The van der Waals surface area contributed by atoms with Gasteiger partial charge in [0.05, 0.1) is 32.1 Å². The van der Waals surface area contributed by atoms with Crippen LogP contribution in [0.25, 0.3) is 5.52 Å². The predicted octanol–water partition coefficient (Wildman–Crippen LogP) is 5.28. The van der Waals surface area contributed by atoms with Crippen LogP contribution in [0, 0.1) is 0 Å². The highest BCUT2D eigenvalue weighted by Crippen LogP contribution is 2.67. The summed E-state index contributed by atoms with van der Waals surface area (Å²) in [7, 11) is 0. The molecule has 1 aliphatic carbocycles. The van der Waals surface area contributed by atoms with Gasteiger partial charge in [0.2, 0.25) is 0 Å². The summed E-state index contributed by atoms with van der Waals surface area (Å²) in [5.74, 6) is 0.409. The number of benzene rings is 3. The highest BCUT2D eigenvalue weighted by atomic mass is 16.7. The van der Waals surface area contributed by atoms with Crippen molar-refractivity contribution in [2.45, 2.75) is 49.7 Å². The van der Waals surface area contributed by atoms with Gasteiger partial charge in [0.15, 0.2) is 5.82 Å². The summed E-state index contributed by atoms with van der Waals surface area (Å²) in [6.45, 7) is 1.72. The third-order valence-corrected chi connectivity index (χ3v) is 8.14. The summed E-state index contributed by atoms with van der Waals surface area (Å²) in [6.07, 6.45) is 1.25. The van der Waals surface area contributed by atoms with Crippen molar-refractivity contribution in [2.24, 2.45) is 0 Å². The van der Waals surface area contributed by atoms with Crippen LogP contribution in [-0.4, -0.2) is 38.5 Å². The summed E-state index contributed by atoms with van der Waals surface area (Å²) in [5, 5.41) is 4.50. The summed E-state index contributed by atoms with van der Waals surface area (Å²) in [5.41, 5.74) is 9.63. The van der Waals surface area contributed by atoms with Gasteiger partial charge in [0.1, 0.15) is 35.3 Å². The van der Waals surface area contributed by atoms with Crippen molar-refractivity contribution in [3.8, 4) is 0 Å². The molecule has 4 atom stereocenters. The second-order valence-corrected chi connectivity index (χ2v) is 10.8. The number of rotatable bonds is 11. The first-order valence-corrected chi connectivity index (χ1v) is 13.9. The number of nitrogens with zero attached hydrogens (tertiary/aromatic N) is 3. The van der Waals surface area contributed by atoms with E-state index in [0.29, 0.717) is 38.7 Å². The molecular weight excluding hydrogens is 516 g/mol. The van der Waals surface area contributed by atoms with Crippen LogP contribution < -0.4 is 5.73 Å². The molecule has 2 fully saturated rings. The molecule has 208 valence electrons. The van der Waals surface area contributed by atoms with Crippen molar-refractivity contribution in [1.29, 1.82) is 0 Å². The van der Waals surface area contributed by atoms with Crippen LogP contribution in [0.3, 0.4) is 0 Å². The Morgan fingerprint density at radius 2 is 1.44 bits per heavy atom. The maximum Gasteiger partial charge on any atom is 0.151 e. The average Bonchev–Trinajstić information content (AvgIpc) is 3.29. The minimum absolute atomic E-state index is 0.374. The first-order valence-electron chi connectivity index (χ1n) is 13.9. The first-order chi connectivity index (χ1) is 20.2. The van der Waals surface area contributed by atoms with E-state index in [-0.39, 0.29) is 0 Å². The summed E-state index contributed by atoms with van der Waals surface area (Å²) in [4.78, 5) is 4.15. The van der Waals surface area contributed by atoms with E-state index in [4.69, 9.17) is 24.7 Å². The molecule has 0 amide bonds. The zero-order chi connectivity index (χ0) is 27.7. The van der Waals surface area contributed by atoms with Crippen LogP contribution in [0.4, 0.5) is 5.82 Å². The molecule has 2 N–H and O–H groups in total. The first kappa shape index (κ1) is 25.9. The van der Waals surface area contributed by atoms with E-state index in [1.807, 2.05) is 66.7 Å². The fraction of sp³-hybridized carbons (Fsp3) is 0.273. The molecule has 7 rings (SSSR count). The van der Waals surface area contributed by atoms with E-state index in [1.54, 1.807) is 4.52 Å². The smallest absolute Gasteiger partial charge is 0.151 e. The van der Waals surface area contributed by atoms with E-state index < -0.39 is 23.4 Å². The molecule has 1 saturated carbocycles. The van der Waals surface area contributed by atoms with Gasteiger partial charge in [0.25, 0.3) is 0 Å². The van der Waals surface area contributed by atoms with Gasteiger partial charge >= 0.3 is 0 Å². The number of hydrogen-bond donors (Lipinski definition) is 1. The van der Waals surface area contributed by atoms with Gasteiger partial charge in [-0.1, -0.05) is 91.0 Å². The SMILES string of the molecule is Nc1ncnn2c([C@@H]3O[C@@]4(COCc5ccccc5)C[C@]4(OCc4ccccc4)[C@H]3OCc3ccccc3)ccc12. The zero-order valence-electron chi connectivity index (χ0n) is 22.6. The van der Waals surface area contributed by atoms with Gasteiger partial charge < -0.3 is 24.7 Å². The lowest BCUT2D eigenvalue weighted by Crippen LogP contribution is -2.39. The van der Waals surface area contributed by atoms with Crippen LogP contribution in [0.15, 0.2) is 109 Å². The number of anilines is 1. The summed E-state index contributed by atoms with van der Waals surface area (Å²) >= 11 is 0. The Morgan fingerprint density at radius 1 is 0.805 bits per heavy atom. The van der Waals surface area contributed by atoms with E-state index >= 15 is 0 Å². The van der Waals surface area contributed by atoms with Crippen LogP contribution in [0.2, 0.25) is 0 Å². The Labute approximate surface area is 238 Å². The molecule has 2 aromatic heterocycles. The molecule has 8 heteroatoms. The number of fused-ring (bicyclic) bond motifs is 2. The number of aromatic nitrogens is 3. The molecule has 5 aromatic rings. The third kappa shape index (κ3) is 4.79. The normalized spacial score (nSPS) is 24.9. The quantitative estimate of drug-likeness (QED) is 0.240. The van der Waals surface area contributed by atoms with Crippen molar-refractivity contribution in [3.05, 3.63) is 132 Å². The van der Waals surface area contributed by atoms with Gasteiger partial charge in [-0.2, -0.15) is 5.10 Å². The van der Waals surface area contributed by atoms with Crippen molar-refractivity contribution >= 4 is 11.3 Å². The Kier molecular flexibility index (Phi) is 6.76. The summed E-state index contributed by atoms with van der Waals surface area (Å²) < 4.78 is 28.6. The standard InChI is InChI=1S/C33H32N4O4/c34-31-28-17-16-27(37(28)36-23-35-31)29-30(39-19-25-12-6-2-7-13-25)33(40-20-26-14-8-3-9-15-26)21-32(33,41-29)22-38-18-24-10-4-1-5-11-24/h1-17,23,29-30H,18-22H2,(H2,34,35,36)/t29-,30-,32+,33-/m0/s1. The van der Waals surface area contributed by atoms with E-state index in [2.05, 4.69) is 46.5 Å². The van der Waals surface area contributed by atoms with Gasteiger partial charge in [-0.25, -0.2) is 9.50 Å². The van der Waals surface area contributed by atoms with Gasteiger partial charge in [-0.05, 0) is 28.8 Å². The Bertz CT molecular complexity index is 1610. The lowest BCUT2D eigenvalue weighted by molar-refractivity contribution is -0.111. The molecule has 0 unspecified atom stereocenters. The van der Waals surface area contributed by atoms with E-state index in [9.17, 15) is 0 Å². The van der Waals surface area contributed by atoms with Gasteiger partial charge in [0, 0.05) is 6.42 Å². The number of nitrogen functional groups attached to an aromatic ring is 1. The molecular formula is C33H32N4O4. The van der Waals surface area contributed by atoms with Crippen molar-refractivity contribution in [3.63, 3.8) is 0 Å². The number of ether oxygens (including phenoxy) is 4. The molecule has 3 aromatic carbocycles. The lowest BCUT2D eigenvalue weighted by atomic mass is 10.0. The maximum atomic E-state index is 6.95. The second-order valence-electron chi connectivity index (χ2n) is 10.8. The zero-order valence-corrected chi connectivity index (χ0v) is 22.6. The summed E-state index contributed by atoms with van der Waals surface area (Å²) in [6, 6.07) is 34.4. The van der Waals surface area contributed by atoms with E-state index in [0.717, 1.165) is 27.9 Å². The molecule has 3 heterocycles. The van der Waals surface area contributed by atoms with Crippen molar-refractivity contribution in [2.75, 3.05) is 12.3 Å². The Hall–Kier alpha value is -4.08. The minimum atomic E-state index is -0.707. The molecule has 0 radical (unpaired) electrons. The van der Waals surface area contributed by atoms with Gasteiger partial charge in [-0.15, -0.1) is 0 Å². The fourth-order valence-electron chi connectivity index (χ4n) is 5.98. The van der Waals surface area contributed by atoms with Crippen LogP contribution in [0.5, 0.6) is 0 Å². The topological polar surface area (TPSA) is 93.1 Å². The lowest BCUT2D eigenvalue weighted by Gasteiger charge is -2.27. The highest BCUT2D eigenvalue weighted by Gasteiger charge is 2.81. The Morgan fingerprint density at radius 3 is 2.12 bits per heavy atom. The van der Waals surface area contributed by atoms with Crippen LogP contribution in [0.1, 0.15) is 34.9 Å². The minimum Gasteiger partial charge on any atom is -0.382 e. The third-order valence-electron chi connectivity index (χ3n) is 8.14. The highest BCUT2D eigenvalue weighted by molar-refractivity contribution is 5.65. The number of hydrogen-bond acceptors (Lipinski definition) is 7. The molecule has 0 spiro atoms. The largest absolute Gasteiger partial charge is 0.382 e. The Balaban J connectivity index is 1.23. The molecule has 41 heavy (non-hydrogen) atoms. The van der Waals surface area contributed by atoms with Crippen molar-refractivity contribution in [1.82, 2.24) is 14.6 Å². The molecule has 0 bridgehead atoms. The van der Waals surface area contributed by atoms with E-state index in [1.165, 1.54) is 6.33 Å². The molecule has 1 aliphatic heterocycles. The van der Waals surface area contributed by atoms with Crippen LogP contribution >= 0.6 is 0 Å². The average molecular weight is 549 g/mol. The maximum absolute atomic E-state index is 6.95. The monoisotopic (exact) mass is 548 g/mol. The molecule has 2 aliphatic rings. The fourth-order valence-corrected chi connectivity index (χ4v) is 5.98. The molecule has 8 nitrogen and oxygen atoms in total. The molecule has 1 saturated heterocycles. The second kappa shape index (κ2) is 10.7. The number of nitrogens with two attached hydrogens (primary N) is 1.